The molecule has 75 heteroatoms. The van der Waals surface area contributed by atoms with Crippen molar-refractivity contribution in [2.45, 2.75) is 148 Å². The average Bonchev–Trinajstić information content (AvgIpc) is 1.63. The van der Waals surface area contributed by atoms with Crippen LogP contribution in [0.15, 0.2) is 71.3 Å². The minimum absolute atomic E-state index is 0.0167. The molecule has 0 amide bonds. The van der Waals surface area contributed by atoms with Crippen molar-refractivity contribution in [3.63, 3.8) is 0 Å². The van der Waals surface area contributed by atoms with Gasteiger partial charge in [-0.3, -0.25) is 92.9 Å². The molecule has 12 aromatic rings. The molecule has 9 fully saturated rings. The molecule has 726 valence electrons. The van der Waals surface area contributed by atoms with Crippen molar-refractivity contribution in [2.75, 3.05) is 74.0 Å². The van der Waals surface area contributed by atoms with E-state index in [-0.39, 0.29) is 102 Å². The lowest BCUT2D eigenvalue weighted by atomic mass is 10.1. The summed E-state index contributed by atoms with van der Waals surface area (Å²) in [4.78, 5) is 158. The smallest absolute Gasteiger partial charge is 0.382 e. The third kappa shape index (κ3) is 18.5. The van der Waals surface area contributed by atoms with Gasteiger partial charge in [0, 0.05) is 0 Å². The summed E-state index contributed by atoms with van der Waals surface area (Å²) in [6, 6.07) is 0. The van der Waals surface area contributed by atoms with Crippen LogP contribution in [0.25, 0.3) is 67.0 Å². The number of imidazole rings is 6. The van der Waals surface area contributed by atoms with Gasteiger partial charge in [0.2, 0.25) is 17.8 Å². The highest BCUT2D eigenvalue weighted by molar-refractivity contribution is 8.44. The number of thiol groups is 1. The number of halogens is 6. The summed E-state index contributed by atoms with van der Waals surface area (Å²) in [6.45, 7) is -26.3. The Morgan fingerprint density at radius 3 is 0.896 bits per heavy atom. The first-order valence-corrected chi connectivity index (χ1v) is 53.2. The molecule has 21 rings (SSSR count). The van der Waals surface area contributed by atoms with E-state index in [0.717, 1.165) is 51.7 Å². The highest BCUT2D eigenvalue weighted by Crippen LogP contribution is 2.61. The Morgan fingerprint density at radius 2 is 0.578 bits per heavy atom. The van der Waals surface area contributed by atoms with E-state index in [9.17, 15) is 48.0 Å². The molecule has 30 atom stereocenters. The Labute approximate surface area is 768 Å². The number of aromatic amines is 3. The monoisotopic (exact) mass is 2110 g/mol. The van der Waals surface area contributed by atoms with Crippen LogP contribution in [0.2, 0.25) is 0 Å². The molecule has 135 heavy (non-hydrogen) atoms. The third-order valence-electron chi connectivity index (χ3n) is 21.7. The normalized spacial score (nSPS) is 37.7. The Bertz CT molecular complexity index is 6500. The van der Waals surface area contributed by atoms with Crippen LogP contribution >= 0.6 is 53.7 Å². The van der Waals surface area contributed by atoms with E-state index >= 15 is 26.3 Å². The lowest BCUT2D eigenvalue weighted by Crippen LogP contribution is -2.34. The summed E-state index contributed by atoms with van der Waals surface area (Å²) in [5.74, 6) is -0.717. The molecular weight excluding hydrogens is 2050 g/mol. The SMILES string of the molecule is Nc1nc2c(ncn2[C@@H]2O[C@@H]3COP(=O)(S)O[C@H]4[C@H](F)[C@H](n5cnc6c(N)ncnc65)O[C@@H]4COP(O)(=S)O[C@@H]2[C@H]3F)c(=O)[nH]1.Nc1nc2c(ncn2[C@@H]2O[C@@H]3COP(O)(=S)O[C@H]4[C@H](F)[C@H](n5cnc6c(N)ncnc65)O[C@@H]4COP(=O)(O)O[C@@H]2[C@@H]3F)c(=O)[nH]1.Nc1nc2c(ncn2[C@@H]2O[C@@H]3COP(O)(=S)O[C@H]4[C@H](F)[C@H](n5cnc6c(N)ncnc65)O[C@@H]4COP(O)(=S)O[C@@H]2[C@H]3F)c(=O)[nH]1. The van der Waals surface area contributed by atoms with Crippen molar-refractivity contribution in [3.05, 3.63) is 88.0 Å². The molecule has 9 aliphatic rings. The Kier molecular flexibility index (Phi) is 25.7. The van der Waals surface area contributed by atoms with Crippen LogP contribution in [-0.4, -0.2) is 292 Å². The lowest BCUT2D eigenvalue weighted by molar-refractivity contribution is -0.0642. The van der Waals surface area contributed by atoms with Gasteiger partial charge in [0.15, 0.2) is 142 Å². The number of ether oxygens (including phenoxy) is 6. The van der Waals surface area contributed by atoms with Crippen molar-refractivity contribution in [3.8, 4) is 0 Å². The summed E-state index contributed by atoms with van der Waals surface area (Å²) in [5.41, 5.74) is 32.5. The molecule has 0 spiro atoms. The number of fused-ring (bicyclic) bond motifs is 15. The minimum Gasteiger partial charge on any atom is -0.382 e. The molecule has 6 bridgehead atoms. The highest BCUT2D eigenvalue weighted by Gasteiger charge is 2.59. The first-order chi connectivity index (χ1) is 63.9. The molecule has 12 aromatic heterocycles. The van der Waals surface area contributed by atoms with Crippen LogP contribution < -0.4 is 51.1 Å². The minimum atomic E-state index is -5.18. The maximum absolute atomic E-state index is 16.0. The zero-order chi connectivity index (χ0) is 95.5. The first kappa shape index (κ1) is 95.5. The summed E-state index contributed by atoms with van der Waals surface area (Å²) in [5, 5.41) is 0. The van der Waals surface area contributed by atoms with Gasteiger partial charge in [0.25, 0.3) is 16.7 Å². The summed E-state index contributed by atoms with van der Waals surface area (Å²) in [7, 11) is -5.18. The van der Waals surface area contributed by atoms with E-state index in [1.54, 1.807) is 0 Å². The summed E-state index contributed by atoms with van der Waals surface area (Å²) in [6.07, 6.45) is -30.2. The van der Waals surface area contributed by atoms with Crippen molar-refractivity contribution in [2.24, 2.45) is 0 Å². The fourth-order valence-electron chi connectivity index (χ4n) is 15.7. The number of hydrogen-bond donors (Lipinski definition) is 15. The number of hydrogen-bond acceptors (Lipinski definition) is 48. The fourth-order valence-corrected chi connectivity index (χ4v) is 23.8. The van der Waals surface area contributed by atoms with Crippen LogP contribution in [0.3, 0.4) is 0 Å². The number of anilines is 6. The predicted molar refractivity (Wildman–Crippen MR) is 457 cm³/mol. The number of phosphoric ester groups is 1. The molecule has 9 saturated heterocycles. The quantitative estimate of drug-likeness (QED) is 0.0602. The predicted octanol–water partition coefficient (Wildman–Crippen LogP) is 0.242. The lowest BCUT2D eigenvalue weighted by Gasteiger charge is -2.27. The van der Waals surface area contributed by atoms with Crippen LogP contribution in [0.5, 0.6) is 0 Å². The largest absolute Gasteiger partial charge is 0.472 e. The number of rotatable bonds is 6. The highest BCUT2D eigenvalue weighted by atomic mass is 32.7. The summed E-state index contributed by atoms with van der Waals surface area (Å²) < 4.78 is 229. The molecule has 0 saturated carbocycles. The molecule has 0 aliphatic carbocycles. The number of nitrogens with two attached hydrogens (primary N) is 6. The van der Waals surface area contributed by atoms with E-state index in [0.29, 0.717) is 0 Å². The first-order valence-electron chi connectivity index (χ1n) is 38.6. The number of phosphoric acid groups is 1. The molecule has 6 unspecified atom stereocenters. The Morgan fingerprint density at radius 1 is 0.326 bits per heavy atom. The van der Waals surface area contributed by atoms with Gasteiger partial charge in [-0.25, -0.2) is 95.3 Å². The van der Waals surface area contributed by atoms with Gasteiger partial charge >= 0.3 is 41.5 Å². The molecule has 58 nitrogen and oxygen atoms in total. The number of aromatic nitrogens is 24. The van der Waals surface area contributed by atoms with Gasteiger partial charge in [-0.05, 0) is 47.2 Å². The number of nitrogens with one attached hydrogen (secondary N) is 3. The van der Waals surface area contributed by atoms with E-state index in [2.05, 4.69) is 102 Å². The molecule has 9 aliphatic heterocycles. The molecule has 0 radical (unpaired) electrons. The number of nitrogen functional groups attached to an aromatic ring is 6. The van der Waals surface area contributed by atoms with E-state index in [1.165, 1.54) is 32.7 Å². The van der Waals surface area contributed by atoms with Gasteiger partial charge in [-0.1, -0.05) is 12.2 Å². The van der Waals surface area contributed by atoms with Crippen molar-refractivity contribution in [1.29, 1.82) is 0 Å². The number of nitrogens with zero attached hydrogens (tertiary/aromatic N) is 21. The van der Waals surface area contributed by atoms with Crippen LogP contribution in [-0.2, 0) is 139 Å². The average molecular weight is 2120 g/mol. The Balaban J connectivity index is 0.000000130. The maximum Gasteiger partial charge on any atom is 0.472 e. The van der Waals surface area contributed by atoms with Crippen LogP contribution in [0.1, 0.15) is 37.4 Å². The number of H-pyrrole nitrogens is 3. The zero-order valence-corrected chi connectivity index (χ0v) is 76.3. The topological polar surface area (TPSA) is 779 Å². The van der Waals surface area contributed by atoms with Crippen LogP contribution in [0.4, 0.5) is 61.6 Å². The van der Waals surface area contributed by atoms with Gasteiger partial charge < -0.3 is 105 Å². The summed E-state index contributed by atoms with van der Waals surface area (Å²) >= 11 is 24.5. The second-order valence-electron chi connectivity index (χ2n) is 30.1. The van der Waals surface area contributed by atoms with Crippen molar-refractivity contribution >= 4 is 203 Å². The molecule has 21 heterocycles. The van der Waals surface area contributed by atoms with Crippen molar-refractivity contribution in [1.82, 2.24) is 117 Å². The van der Waals surface area contributed by atoms with E-state index < -0.39 is 245 Å². The van der Waals surface area contributed by atoms with Gasteiger partial charge in [0.05, 0.1) is 77.6 Å². The molecule has 0 aromatic carbocycles. The van der Waals surface area contributed by atoms with Crippen molar-refractivity contribution < 1.29 is 143 Å². The third-order valence-corrected chi connectivity index (χ3v) is 30.5. The number of alkyl halides is 6. The standard InChI is InChI=1S/C20H22F2N10O10P2S.2C20H22F2N10O9P2S2/c21-8-6-1-38-44(36,45)42-12-7(40-18(9(12)22)31-4-27-10-14(23)25-3-26-15(10)31)2-37-43(34,35)41-13(8)19(39-6)32-5-28-11-16(32)29-20(24)30-17(11)33;2*21-8-6-1-36-42(34,44)40-12-7(39-18(9(12)22)31-4-27-10-14(23)25-3-26-15(10)31)2-37-43(35,45)41-13(8)19(38-6)32-5-28-11-16(32)29-20(24)30-17(11)33/h3-9,12-13,18-19H,1-2H2,(H,34,35)(H,36,45)(H2,23,25,26)(H3,24,29,30,33);2*3-9,12-13,18-19H,1-2H2,(H,34,44)(H,35,45)(H2,23,25,26)(H3,24,29,30,33)/t6-,7-,8-,9+,12-,13-,18-,19-,44?;2*6-,7-,8+,9+,12-,13-,18-,19-,42?,43?/m111/s1. The molecular formula is C60H66F6N30O28P6S5. The van der Waals surface area contributed by atoms with Crippen LogP contribution in [0, 0.1) is 0 Å². The second kappa shape index (κ2) is 36.3. The van der Waals surface area contributed by atoms with Gasteiger partial charge in [-0.15, -0.1) is 0 Å². The Hall–Kier alpha value is -8.43. The van der Waals surface area contributed by atoms with E-state index in [1.807, 2.05) is 0 Å². The maximum atomic E-state index is 16.0. The molecule has 20 N–H and O–H groups in total. The second-order valence-corrected chi connectivity index (χ2v) is 45.6. The zero-order valence-electron chi connectivity index (χ0n) is 66.8. The van der Waals surface area contributed by atoms with Gasteiger partial charge in [-0.2, -0.15) is 15.0 Å². The van der Waals surface area contributed by atoms with E-state index in [4.69, 9.17) is 164 Å². The fraction of sp³-hybridized carbons (Fsp3) is 0.500. The van der Waals surface area contributed by atoms with Gasteiger partial charge in [0.1, 0.15) is 109 Å².